The molecule has 6 heteroatoms. The van der Waals surface area contributed by atoms with Gasteiger partial charge >= 0.3 is 0 Å². The predicted octanol–water partition coefficient (Wildman–Crippen LogP) is 7.30. The van der Waals surface area contributed by atoms with Crippen LogP contribution in [-0.4, -0.2) is 9.97 Å². The Kier molecular flexibility index (Phi) is 5.68. The highest BCUT2D eigenvalue weighted by molar-refractivity contribution is 7.98. The average molecular weight is 452 g/mol. The number of thiophene rings is 1. The first kappa shape index (κ1) is 19.9. The van der Waals surface area contributed by atoms with E-state index in [9.17, 15) is 0 Å². The molecule has 0 radical (unpaired) electrons. The standard InChI is InChI=1S/C24H22ClN3S2/c1-15(16-6-3-2-4-7-16)26-23-22-19-8-5-9-20(19)30-24(22)28-21(27-23)14-29-18-12-10-17(25)11-13-18/h2-4,6-7,10-13,15H,5,8-9,14H2,1H3,(H,26,27,28). The minimum atomic E-state index is 0.179. The number of rotatable bonds is 6. The first-order chi connectivity index (χ1) is 14.7. The number of aryl methyl sites for hydroxylation is 2. The van der Waals surface area contributed by atoms with Crippen molar-refractivity contribution in [2.45, 2.75) is 42.9 Å². The van der Waals surface area contributed by atoms with Gasteiger partial charge in [-0.3, -0.25) is 0 Å². The van der Waals surface area contributed by atoms with E-state index in [2.05, 4.69) is 42.6 Å². The van der Waals surface area contributed by atoms with Crippen LogP contribution in [0.4, 0.5) is 5.82 Å². The van der Waals surface area contributed by atoms with Gasteiger partial charge in [-0.25, -0.2) is 9.97 Å². The maximum atomic E-state index is 6.01. The minimum absolute atomic E-state index is 0.179. The van der Waals surface area contributed by atoms with E-state index in [-0.39, 0.29) is 6.04 Å². The molecule has 30 heavy (non-hydrogen) atoms. The van der Waals surface area contributed by atoms with Gasteiger partial charge in [-0.2, -0.15) is 0 Å². The Bertz CT molecular complexity index is 1170. The molecule has 0 spiro atoms. The van der Waals surface area contributed by atoms with Crippen LogP contribution in [0.5, 0.6) is 0 Å². The zero-order valence-corrected chi connectivity index (χ0v) is 19.1. The van der Waals surface area contributed by atoms with Crippen LogP contribution in [0.2, 0.25) is 5.02 Å². The number of nitrogens with zero attached hydrogens (tertiary/aromatic N) is 2. The van der Waals surface area contributed by atoms with E-state index in [0.717, 1.165) is 33.7 Å². The van der Waals surface area contributed by atoms with Gasteiger partial charge in [-0.05, 0) is 61.6 Å². The van der Waals surface area contributed by atoms with Crippen molar-refractivity contribution in [3.8, 4) is 0 Å². The summed E-state index contributed by atoms with van der Waals surface area (Å²) in [6.07, 6.45) is 3.53. The second-order valence-corrected chi connectivity index (χ2v) is 10.1. The van der Waals surface area contributed by atoms with E-state index in [1.807, 2.05) is 35.6 Å². The summed E-state index contributed by atoms with van der Waals surface area (Å²) in [7, 11) is 0. The Balaban J connectivity index is 1.47. The van der Waals surface area contributed by atoms with Crippen LogP contribution in [0.15, 0.2) is 59.5 Å². The van der Waals surface area contributed by atoms with Crippen molar-refractivity contribution < 1.29 is 0 Å². The lowest BCUT2D eigenvalue weighted by Gasteiger charge is -2.17. The highest BCUT2D eigenvalue weighted by Crippen LogP contribution is 2.40. The van der Waals surface area contributed by atoms with E-state index in [4.69, 9.17) is 21.6 Å². The molecule has 0 saturated carbocycles. The molecule has 4 aromatic rings. The number of nitrogens with one attached hydrogen (secondary N) is 1. The molecule has 0 amide bonds. The molecule has 0 aliphatic heterocycles. The van der Waals surface area contributed by atoms with E-state index >= 15 is 0 Å². The summed E-state index contributed by atoms with van der Waals surface area (Å²) in [6.45, 7) is 2.19. The van der Waals surface area contributed by atoms with Gasteiger partial charge in [0.05, 0.1) is 11.1 Å². The molecule has 0 saturated heterocycles. The lowest BCUT2D eigenvalue weighted by molar-refractivity contribution is 0.870. The normalized spacial score (nSPS) is 14.1. The van der Waals surface area contributed by atoms with Gasteiger partial charge in [-0.15, -0.1) is 23.1 Å². The third-order valence-electron chi connectivity index (χ3n) is 5.45. The van der Waals surface area contributed by atoms with Crippen LogP contribution in [-0.2, 0) is 18.6 Å². The number of halogens is 1. The van der Waals surface area contributed by atoms with Crippen LogP contribution < -0.4 is 5.32 Å². The molecule has 3 nitrogen and oxygen atoms in total. The molecule has 1 N–H and O–H groups in total. The third-order valence-corrected chi connectivity index (χ3v) is 7.89. The Labute approximate surface area is 189 Å². The predicted molar refractivity (Wildman–Crippen MR) is 129 cm³/mol. The Morgan fingerprint density at radius 2 is 1.87 bits per heavy atom. The molecule has 2 aromatic heterocycles. The molecule has 2 aromatic carbocycles. The summed E-state index contributed by atoms with van der Waals surface area (Å²) >= 11 is 9.59. The monoisotopic (exact) mass is 451 g/mol. The SMILES string of the molecule is CC(Nc1nc(CSc2ccc(Cl)cc2)nc2sc3c(c12)CCC3)c1ccccc1. The second-order valence-electron chi connectivity index (χ2n) is 7.55. The van der Waals surface area contributed by atoms with Crippen molar-refractivity contribution in [2.75, 3.05) is 5.32 Å². The fraction of sp³-hybridized carbons (Fsp3) is 0.250. The van der Waals surface area contributed by atoms with Crippen molar-refractivity contribution in [1.82, 2.24) is 9.97 Å². The number of benzene rings is 2. The summed E-state index contributed by atoms with van der Waals surface area (Å²) < 4.78 is 0. The summed E-state index contributed by atoms with van der Waals surface area (Å²) in [4.78, 5) is 13.7. The fourth-order valence-corrected chi connectivity index (χ4v) is 6.08. The van der Waals surface area contributed by atoms with Crippen molar-refractivity contribution in [1.29, 1.82) is 0 Å². The highest BCUT2D eigenvalue weighted by atomic mass is 35.5. The number of aromatic nitrogens is 2. The number of anilines is 1. The molecular weight excluding hydrogens is 430 g/mol. The summed E-state index contributed by atoms with van der Waals surface area (Å²) in [5, 5.41) is 5.68. The van der Waals surface area contributed by atoms with Crippen LogP contribution in [0.1, 0.15) is 41.2 Å². The summed E-state index contributed by atoms with van der Waals surface area (Å²) in [5.41, 5.74) is 2.71. The zero-order valence-electron chi connectivity index (χ0n) is 16.7. The molecule has 0 fully saturated rings. The van der Waals surface area contributed by atoms with E-state index in [0.29, 0.717) is 0 Å². The zero-order chi connectivity index (χ0) is 20.5. The topological polar surface area (TPSA) is 37.8 Å². The van der Waals surface area contributed by atoms with Gasteiger partial charge in [0.25, 0.3) is 0 Å². The van der Waals surface area contributed by atoms with Crippen molar-refractivity contribution >= 4 is 50.7 Å². The molecule has 1 unspecified atom stereocenters. The van der Waals surface area contributed by atoms with Crippen molar-refractivity contribution in [3.05, 3.63) is 81.4 Å². The smallest absolute Gasteiger partial charge is 0.142 e. The molecule has 1 aliphatic rings. The van der Waals surface area contributed by atoms with E-state index in [1.165, 1.54) is 39.1 Å². The van der Waals surface area contributed by atoms with Crippen LogP contribution in [0.25, 0.3) is 10.2 Å². The fourth-order valence-electron chi connectivity index (χ4n) is 3.92. The maximum Gasteiger partial charge on any atom is 0.142 e. The van der Waals surface area contributed by atoms with Gasteiger partial charge in [0.1, 0.15) is 16.5 Å². The van der Waals surface area contributed by atoms with Gasteiger partial charge in [0.2, 0.25) is 0 Å². The van der Waals surface area contributed by atoms with Crippen molar-refractivity contribution in [3.63, 3.8) is 0 Å². The number of thioether (sulfide) groups is 1. The Hall–Kier alpha value is -2.08. The molecule has 2 heterocycles. The Morgan fingerprint density at radius 1 is 1.07 bits per heavy atom. The quantitative estimate of drug-likeness (QED) is 0.312. The van der Waals surface area contributed by atoms with Crippen molar-refractivity contribution in [2.24, 2.45) is 0 Å². The van der Waals surface area contributed by atoms with Gasteiger partial charge in [0, 0.05) is 20.8 Å². The number of hydrogen-bond donors (Lipinski definition) is 1. The van der Waals surface area contributed by atoms with Gasteiger partial charge < -0.3 is 5.32 Å². The Morgan fingerprint density at radius 3 is 2.67 bits per heavy atom. The van der Waals surface area contributed by atoms with E-state index in [1.54, 1.807) is 11.8 Å². The molecule has 5 rings (SSSR count). The molecule has 1 aliphatic carbocycles. The first-order valence-electron chi connectivity index (χ1n) is 10.2. The average Bonchev–Trinajstić information content (AvgIpc) is 3.35. The largest absolute Gasteiger partial charge is 0.363 e. The number of hydrogen-bond acceptors (Lipinski definition) is 5. The number of fused-ring (bicyclic) bond motifs is 3. The molecular formula is C24H22ClN3S2. The molecule has 1 atom stereocenters. The van der Waals surface area contributed by atoms with Gasteiger partial charge in [-0.1, -0.05) is 41.9 Å². The minimum Gasteiger partial charge on any atom is -0.363 e. The van der Waals surface area contributed by atoms with Crippen LogP contribution in [0, 0.1) is 0 Å². The lowest BCUT2D eigenvalue weighted by atomic mass is 10.1. The molecule has 152 valence electrons. The maximum absolute atomic E-state index is 6.01. The van der Waals surface area contributed by atoms with Gasteiger partial charge in [0.15, 0.2) is 0 Å². The third kappa shape index (κ3) is 4.07. The lowest BCUT2D eigenvalue weighted by Crippen LogP contribution is -2.10. The van der Waals surface area contributed by atoms with Crippen LogP contribution >= 0.6 is 34.7 Å². The summed E-state index contributed by atoms with van der Waals surface area (Å²) in [6, 6.07) is 18.6. The molecule has 0 bridgehead atoms. The first-order valence-corrected chi connectivity index (χ1v) is 12.4. The van der Waals surface area contributed by atoms with E-state index < -0.39 is 0 Å². The van der Waals surface area contributed by atoms with Crippen LogP contribution in [0.3, 0.4) is 0 Å². The second kappa shape index (κ2) is 8.58. The summed E-state index contributed by atoms with van der Waals surface area (Å²) in [5.74, 6) is 2.57. The highest BCUT2D eigenvalue weighted by Gasteiger charge is 2.23.